The Bertz CT molecular complexity index is 466. The average molecular weight is 303 g/mol. The van der Waals surface area contributed by atoms with Gasteiger partial charge in [0.2, 0.25) is 5.91 Å². The molecule has 122 valence electrons. The zero-order chi connectivity index (χ0) is 16.1. The molecule has 3 atom stereocenters. The lowest BCUT2D eigenvalue weighted by molar-refractivity contribution is -0.118. The summed E-state index contributed by atoms with van der Waals surface area (Å²) in [7, 11) is 0. The summed E-state index contributed by atoms with van der Waals surface area (Å²) in [5.74, 6) is 0.905. The third-order valence-corrected chi connectivity index (χ3v) is 4.76. The molecule has 1 aliphatic rings. The second-order valence-electron chi connectivity index (χ2n) is 6.48. The van der Waals surface area contributed by atoms with Crippen LogP contribution in [-0.2, 0) is 4.79 Å². The van der Waals surface area contributed by atoms with Gasteiger partial charge < -0.3 is 0 Å². The van der Waals surface area contributed by atoms with Crippen LogP contribution in [0.2, 0.25) is 0 Å². The number of carbonyl (C=O) groups is 1. The Morgan fingerprint density at radius 2 is 2.05 bits per heavy atom. The van der Waals surface area contributed by atoms with Gasteiger partial charge >= 0.3 is 0 Å². The third-order valence-electron chi connectivity index (χ3n) is 4.76. The van der Waals surface area contributed by atoms with Crippen molar-refractivity contribution in [3.05, 3.63) is 24.4 Å². The Morgan fingerprint density at radius 1 is 1.36 bits per heavy atom. The Labute approximate surface area is 134 Å². The lowest BCUT2D eigenvalue weighted by Gasteiger charge is -2.42. The fraction of sp³-hybridized carbons (Fsp3) is 0.667. The quantitative estimate of drug-likeness (QED) is 0.835. The number of carbonyl (C=O) groups excluding carboxylic acids is 1. The summed E-state index contributed by atoms with van der Waals surface area (Å²) in [4.78, 5) is 21.2. The first-order valence-corrected chi connectivity index (χ1v) is 8.53. The maximum atomic E-state index is 12.4. The van der Waals surface area contributed by atoms with Crippen molar-refractivity contribution in [1.82, 2.24) is 9.88 Å². The molecular formula is C18H29N3O. The van der Waals surface area contributed by atoms with Gasteiger partial charge in [0.1, 0.15) is 5.82 Å². The molecule has 0 spiro atoms. The van der Waals surface area contributed by atoms with E-state index in [1.54, 1.807) is 6.20 Å². The summed E-state index contributed by atoms with van der Waals surface area (Å²) >= 11 is 0. The molecule has 1 fully saturated rings. The molecule has 1 unspecified atom stereocenters. The predicted molar refractivity (Wildman–Crippen MR) is 91.0 cm³/mol. The van der Waals surface area contributed by atoms with E-state index in [1.165, 1.54) is 19.3 Å². The van der Waals surface area contributed by atoms with Gasteiger partial charge in [-0.15, -0.1) is 0 Å². The first-order chi connectivity index (χ1) is 10.5. The molecule has 1 amide bonds. The zero-order valence-electron chi connectivity index (χ0n) is 14.3. The Balaban J connectivity index is 2.15. The summed E-state index contributed by atoms with van der Waals surface area (Å²) < 4.78 is 0. The van der Waals surface area contributed by atoms with Gasteiger partial charge in [0.25, 0.3) is 0 Å². The Hall–Kier alpha value is -1.42. The van der Waals surface area contributed by atoms with Gasteiger partial charge in [-0.2, -0.15) is 0 Å². The van der Waals surface area contributed by atoms with Crippen LogP contribution in [0, 0.1) is 0 Å². The van der Waals surface area contributed by atoms with Crippen LogP contribution in [0.5, 0.6) is 0 Å². The van der Waals surface area contributed by atoms with Crippen LogP contribution in [0.15, 0.2) is 24.4 Å². The van der Waals surface area contributed by atoms with Gasteiger partial charge in [0.05, 0.1) is 0 Å². The van der Waals surface area contributed by atoms with Crippen LogP contribution in [-0.4, -0.2) is 40.5 Å². The highest BCUT2D eigenvalue weighted by Gasteiger charge is 2.29. The number of rotatable bonds is 5. The topological polar surface area (TPSA) is 36.4 Å². The molecule has 4 heteroatoms. The van der Waals surface area contributed by atoms with Crippen molar-refractivity contribution >= 4 is 11.7 Å². The van der Waals surface area contributed by atoms with Crippen LogP contribution in [0.4, 0.5) is 5.82 Å². The van der Waals surface area contributed by atoms with E-state index >= 15 is 0 Å². The lowest BCUT2D eigenvalue weighted by atomic mass is 9.97. The van der Waals surface area contributed by atoms with Gasteiger partial charge in [-0.05, 0) is 45.7 Å². The maximum absolute atomic E-state index is 12.4. The number of anilines is 1. The summed E-state index contributed by atoms with van der Waals surface area (Å²) in [6, 6.07) is 7.06. The number of hydrogen-bond acceptors (Lipinski definition) is 3. The van der Waals surface area contributed by atoms with E-state index in [1.807, 2.05) is 30.0 Å². The molecule has 0 bridgehead atoms. The van der Waals surface area contributed by atoms with Crippen molar-refractivity contribution < 1.29 is 4.79 Å². The largest absolute Gasteiger partial charge is 0.296 e. The highest BCUT2D eigenvalue weighted by molar-refractivity contribution is 5.92. The second-order valence-corrected chi connectivity index (χ2v) is 6.48. The lowest BCUT2D eigenvalue weighted by Crippen LogP contribution is -2.52. The molecule has 4 nitrogen and oxygen atoms in total. The molecule has 2 heterocycles. The number of nitrogens with zero attached hydrogens (tertiary/aromatic N) is 3. The van der Waals surface area contributed by atoms with E-state index in [4.69, 9.17) is 0 Å². The predicted octanol–water partition coefficient (Wildman–Crippen LogP) is 3.48. The van der Waals surface area contributed by atoms with Gasteiger partial charge in [-0.25, -0.2) is 4.98 Å². The summed E-state index contributed by atoms with van der Waals surface area (Å²) in [5, 5.41) is 0. The highest BCUT2D eigenvalue weighted by Crippen LogP contribution is 2.24. The van der Waals surface area contributed by atoms with E-state index in [0.29, 0.717) is 18.5 Å². The van der Waals surface area contributed by atoms with Gasteiger partial charge in [0.15, 0.2) is 0 Å². The smallest absolute Gasteiger partial charge is 0.228 e. The van der Waals surface area contributed by atoms with Crippen molar-refractivity contribution in [3.8, 4) is 0 Å². The monoisotopic (exact) mass is 303 g/mol. The van der Waals surface area contributed by atoms with Crippen LogP contribution < -0.4 is 4.90 Å². The van der Waals surface area contributed by atoms with Crippen LogP contribution in [0.25, 0.3) is 0 Å². The van der Waals surface area contributed by atoms with Crippen molar-refractivity contribution in [2.24, 2.45) is 0 Å². The minimum atomic E-state index is 0.130. The summed E-state index contributed by atoms with van der Waals surface area (Å²) in [6.45, 7) is 9.56. The average Bonchev–Trinajstić information content (AvgIpc) is 2.52. The molecule has 0 N–H and O–H groups in total. The van der Waals surface area contributed by atoms with E-state index in [-0.39, 0.29) is 11.9 Å². The minimum Gasteiger partial charge on any atom is -0.296 e. The Kier molecular flexibility index (Phi) is 5.95. The first-order valence-electron chi connectivity index (χ1n) is 8.53. The van der Waals surface area contributed by atoms with Gasteiger partial charge in [-0.3, -0.25) is 14.6 Å². The standard InChI is InChI=1S/C18H29N3O/c1-5-18(22)21(17-11-6-7-12-19-17)16(4)13-20-14(2)9-8-10-15(20)3/h6-7,11-12,14-16H,5,8-10,13H2,1-4H3/t14-,15+,16?. The second kappa shape index (κ2) is 7.73. The number of amides is 1. The third kappa shape index (κ3) is 3.86. The minimum absolute atomic E-state index is 0.130. The van der Waals surface area contributed by atoms with Crippen LogP contribution in [0.1, 0.15) is 53.4 Å². The summed E-state index contributed by atoms with van der Waals surface area (Å²) in [5.41, 5.74) is 0. The number of likely N-dealkylation sites (tertiary alicyclic amines) is 1. The van der Waals surface area contributed by atoms with Crippen molar-refractivity contribution in [2.75, 3.05) is 11.4 Å². The van der Waals surface area contributed by atoms with E-state index in [9.17, 15) is 4.79 Å². The molecule has 22 heavy (non-hydrogen) atoms. The maximum Gasteiger partial charge on any atom is 0.228 e. The number of piperidine rings is 1. The molecule has 0 aromatic carbocycles. The van der Waals surface area contributed by atoms with Crippen molar-refractivity contribution in [2.45, 2.75) is 71.5 Å². The summed E-state index contributed by atoms with van der Waals surface area (Å²) in [6.07, 6.45) is 6.08. The number of pyridine rings is 1. The number of hydrogen-bond donors (Lipinski definition) is 0. The van der Waals surface area contributed by atoms with Gasteiger partial charge in [0, 0.05) is 37.3 Å². The van der Waals surface area contributed by atoms with E-state index < -0.39 is 0 Å². The molecule has 1 aromatic rings. The molecule has 2 rings (SSSR count). The molecule has 1 saturated heterocycles. The molecule has 0 aliphatic carbocycles. The molecule has 0 saturated carbocycles. The first kappa shape index (κ1) is 16.9. The van der Waals surface area contributed by atoms with Crippen LogP contribution in [0.3, 0.4) is 0 Å². The molecule has 1 aliphatic heterocycles. The zero-order valence-corrected chi connectivity index (χ0v) is 14.3. The fourth-order valence-electron chi connectivity index (χ4n) is 3.49. The molecule has 1 aromatic heterocycles. The molecular weight excluding hydrogens is 274 g/mol. The SMILES string of the molecule is CCC(=O)N(c1ccccn1)C(C)CN1[C@H](C)CCC[C@@H]1C. The number of aromatic nitrogens is 1. The van der Waals surface area contributed by atoms with Crippen molar-refractivity contribution in [1.29, 1.82) is 0 Å². The van der Waals surface area contributed by atoms with E-state index in [2.05, 4.69) is 30.7 Å². The highest BCUT2D eigenvalue weighted by atomic mass is 16.2. The van der Waals surface area contributed by atoms with Gasteiger partial charge in [-0.1, -0.05) is 19.4 Å². The normalized spacial score (nSPS) is 24.0. The Morgan fingerprint density at radius 3 is 2.59 bits per heavy atom. The van der Waals surface area contributed by atoms with E-state index in [0.717, 1.165) is 12.4 Å². The fourth-order valence-corrected chi connectivity index (χ4v) is 3.49. The molecule has 0 radical (unpaired) electrons. The van der Waals surface area contributed by atoms with Crippen LogP contribution >= 0.6 is 0 Å². The van der Waals surface area contributed by atoms with Crippen molar-refractivity contribution in [3.63, 3.8) is 0 Å².